The lowest BCUT2D eigenvalue weighted by Gasteiger charge is -1.94. The van der Waals surface area contributed by atoms with E-state index in [0.717, 1.165) is 11.9 Å². The highest BCUT2D eigenvalue weighted by molar-refractivity contribution is 8.02. The van der Waals surface area contributed by atoms with Crippen molar-refractivity contribution >= 4 is 40.8 Å². The molecular weight excluding hydrogens is 256 g/mol. The lowest BCUT2D eigenvalue weighted by Crippen LogP contribution is -1.92. The smallest absolute Gasteiger partial charge is 0.157 e. The van der Waals surface area contributed by atoms with E-state index >= 15 is 0 Å². The molecule has 17 heavy (non-hydrogen) atoms. The fourth-order valence-corrected chi connectivity index (χ4v) is 1.31. The second kappa shape index (κ2) is 6.76. The predicted octanol–water partition coefficient (Wildman–Crippen LogP) is 3.04. The second-order valence-corrected chi connectivity index (χ2v) is 3.63. The van der Waals surface area contributed by atoms with Crippen LogP contribution in [0.1, 0.15) is 25.4 Å². The van der Waals surface area contributed by atoms with E-state index in [0.29, 0.717) is 22.9 Å². The van der Waals surface area contributed by atoms with Crippen molar-refractivity contribution in [2.75, 3.05) is 0 Å². The van der Waals surface area contributed by atoms with Crippen molar-refractivity contribution in [2.45, 2.75) is 13.8 Å². The maximum Gasteiger partial charge on any atom is 0.157 e. The fraction of sp³-hybridized carbons (Fsp3) is 0.200. The molecule has 0 aromatic carbocycles. The summed E-state index contributed by atoms with van der Waals surface area (Å²) in [6.45, 7) is 3.50. The summed E-state index contributed by atoms with van der Waals surface area (Å²) in [7, 11) is 0. The van der Waals surface area contributed by atoms with Crippen LogP contribution in [0, 0.1) is 10.7 Å². The molecule has 0 spiro atoms. The van der Waals surface area contributed by atoms with E-state index in [2.05, 4.69) is 32.0 Å². The first-order chi connectivity index (χ1) is 8.19. The van der Waals surface area contributed by atoms with E-state index in [1.807, 2.05) is 5.40 Å². The number of nitriles is 1. The molecule has 0 fully saturated rings. The summed E-state index contributed by atoms with van der Waals surface area (Å²) < 4.78 is 9.43. The first-order valence-corrected chi connectivity index (χ1v) is 5.69. The average molecular weight is 264 g/mol. The molecule has 0 aliphatic heterocycles. The Kier molecular flexibility index (Phi) is 5.30. The zero-order chi connectivity index (χ0) is 12.7. The van der Waals surface area contributed by atoms with Gasteiger partial charge in [0.2, 0.25) is 0 Å². The highest BCUT2D eigenvalue weighted by Crippen LogP contribution is 2.12. The first kappa shape index (κ1) is 13.3. The van der Waals surface area contributed by atoms with Gasteiger partial charge in [0.05, 0.1) is 22.8 Å². The lowest BCUT2D eigenvalue weighted by molar-refractivity contribution is 0.547. The first-order valence-electron chi connectivity index (χ1n) is 4.50. The molecule has 0 amide bonds. The molecule has 0 saturated heterocycles. The summed E-state index contributed by atoms with van der Waals surface area (Å²) in [4.78, 5) is 0. The molecule has 0 N–H and O–H groups in total. The zero-order valence-corrected chi connectivity index (χ0v) is 10.8. The minimum atomic E-state index is 0.575. The van der Waals surface area contributed by atoms with Gasteiger partial charge in [0.25, 0.3) is 0 Å². The Labute approximate surface area is 108 Å². The van der Waals surface area contributed by atoms with Gasteiger partial charge in [-0.25, -0.2) is 4.40 Å². The van der Waals surface area contributed by atoms with Crippen LogP contribution >= 0.6 is 24.2 Å². The molecular formula is C10H8N4OS2. The van der Waals surface area contributed by atoms with Crippen molar-refractivity contribution in [3.05, 3.63) is 23.7 Å². The molecule has 0 aliphatic rings. The Morgan fingerprint density at radius 3 is 2.59 bits per heavy atom. The molecule has 7 heteroatoms. The molecule has 5 nitrogen and oxygen atoms in total. The number of thiocarbonyl (C=S) groups is 1. The Bertz CT molecular complexity index is 547. The highest BCUT2D eigenvalue weighted by atomic mass is 32.2. The van der Waals surface area contributed by atoms with Gasteiger partial charge in [0.1, 0.15) is 11.5 Å². The fourth-order valence-electron chi connectivity index (χ4n) is 1.01. The average Bonchev–Trinajstić information content (AvgIpc) is 2.82. The predicted molar refractivity (Wildman–Crippen MR) is 71.4 cm³/mol. The number of thiocyanates is 1. The van der Waals surface area contributed by atoms with Gasteiger partial charge < -0.3 is 4.42 Å². The number of rotatable bonds is 4. The van der Waals surface area contributed by atoms with Crippen LogP contribution < -0.4 is 0 Å². The van der Waals surface area contributed by atoms with Gasteiger partial charge in [-0.05, 0) is 38.2 Å². The van der Waals surface area contributed by atoms with E-state index in [-0.39, 0.29) is 0 Å². The number of furan rings is 1. The summed E-state index contributed by atoms with van der Waals surface area (Å²) in [6.07, 6.45) is 0. The van der Waals surface area contributed by atoms with Crippen LogP contribution in [0.4, 0.5) is 0 Å². The molecule has 86 valence electrons. The second-order valence-electron chi connectivity index (χ2n) is 2.90. The third-order valence-electron chi connectivity index (χ3n) is 1.78. The summed E-state index contributed by atoms with van der Waals surface area (Å²) >= 11 is 5.21. The van der Waals surface area contributed by atoms with Crippen molar-refractivity contribution in [3.8, 4) is 5.40 Å². The van der Waals surface area contributed by atoms with Gasteiger partial charge >= 0.3 is 0 Å². The highest BCUT2D eigenvalue weighted by Gasteiger charge is 2.07. The number of hydrogen-bond donors (Lipinski definition) is 0. The van der Waals surface area contributed by atoms with Crippen LogP contribution in [0.5, 0.6) is 0 Å². The Morgan fingerprint density at radius 1 is 1.35 bits per heavy atom. The maximum absolute atomic E-state index is 8.38. The monoisotopic (exact) mass is 264 g/mol. The van der Waals surface area contributed by atoms with E-state index in [1.54, 1.807) is 26.0 Å². The maximum atomic E-state index is 8.38. The van der Waals surface area contributed by atoms with Crippen LogP contribution in [-0.2, 0) is 0 Å². The molecule has 0 aliphatic carbocycles. The third-order valence-corrected chi connectivity index (χ3v) is 2.31. The topological polar surface area (TPSA) is 74.0 Å². The van der Waals surface area contributed by atoms with Gasteiger partial charge in [-0.2, -0.15) is 5.26 Å². The van der Waals surface area contributed by atoms with Gasteiger partial charge in [-0.3, -0.25) is 0 Å². The number of nitrogens with zero attached hydrogens (tertiary/aromatic N) is 4. The molecule has 0 bridgehead atoms. The van der Waals surface area contributed by atoms with E-state index in [1.165, 1.54) is 0 Å². The van der Waals surface area contributed by atoms with Crippen molar-refractivity contribution in [1.29, 1.82) is 5.26 Å². The van der Waals surface area contributed by atoms with Crippen LogP contribution in [-0.4, -0.2) is 16.6 Å². The molecule has 0 atom stereocenters. The molecule has 1 heterocycles. The van der Waals surface area contributed by atoms with Crippen LogP contribution in [0.25, 0.3) is 0 Å². The molecule has 1 rings (SSSR count). The summed E-state index contributed by atoms with van der Waals surface area (Å²) in [6, 6.07) is 3.51. The summed E-state index contributed by atoms with van der Waals surface area (Å²) in [5.41, 5.74) is 1.23. The molecule has 0 radical (unpaired) electrons. The largest absolute Gasteiger partial charge is 0.453 e. The number of isothiocyanates is 1. The normalized spacial score (nSPS) is 11.8. The van der Waals surface area contributed by atoms with Gasteiger partial charge in [0, 0.05) is 0 Å². The molecule has 1 aromatic rings. The van der Waals surface area contributed by atoms with E-state index in [4.69, 9.17) is 9.68 Å². The lowest BCUT2D eigenvalue weighted by atomic mass is 10.3. The van der Waals surface area contributed by atoms with Gasteiger partial charge in [0.15, 0.2) is 11.2 Å². The van der Waals surface area contributed by atoms with E-state index < -0.39 is 0 Å². The van der Waals surface area contributed by atoms with Crippen LogP contribution in [0.15, 0.2) is 31.2 Å². The van der Waals surface area contributed by atoms with Gasteiger partial charge in [-0.15, -0.1) is 5.10 Å². The third kappa shape index (κ3) is 3.96. The standard InChI is InChI=1S/C10H8N4OS2/c1-7(13-12-6-16)9-3-4-10(15-9)8(2)14-17-5-11/h3-4H,1-2H3/b13-7+,14-8-. The van der Waals surface area contributed by atoms with Crippen molar-refractivity contribution in [1.82, 2.24) is 0 Å². The molecule has 1 aromatic heterocycles. The Hall–Kier alpha value is -1.74. The van der Waals surface area contributed by atoms with Crippen LogP contribution in [0.2, 0.25) is 0 Å². The summed E-state index contributed by atoms with van der Waals surface area (Å²) in [5.74, 6) is 1.16. The number of hydrogen-bond acceptors (Lipinski definition) is 7. The molecule has 0 saturated carbocycles. The molecule has 0 unspecified atom stereocenters. The zero-order valence-electron chi connectivity index (χ0n) is 9.17. The Morgan fingerprint density at radius 2 is 2.00 bits per heavy atom. The van der Waals surface area contributed by atoms with Crippen molar-refractivity contribution in [2.24, 2.45) is 14.6 Å². The van der Waals surface area contributed by atoms with Crippen molar-refractivity contribution < 1.29 is 4.42 Å². The minimum absolute atomic E-state index is 0.575. The van der Waals surface area contributed by atoms with Crippen LogP contribution in [0.3, 0.4) is 0 Å². The van der Waals surface area contributed by atoms with Crippen molar-refractivity contribution in [3.63, 3.8) is 0 Å². The van der Waals surface area contributed by atoms with Gasteiger partial charge in [-0.1, -0.05) is 5.10 Å². The minimum Gasteiger partial charge on any atom is -0.453 e. The van der Waals surface area contributed by atoms with E-state index in [9.17, 15) is 0 Å². The quantitative estimate of drug-likeness (QED) is 0.275. The SMILES string of the molecule is C/C(=N/SC#N)c1ccc(/C(C)=N/N=C=S)o1. The summed E-state index contributed by atoms with van der Waals surface area (Å²) in [5, 5.41) is 19.6. The Balaban J connectivity index is 2.93.